The van der Waals surface area contributed by atoms with Crippen LogP contribution in [0, 0.1) is 6.92 Å². The first-order valence-electron chi connectivity index (χ1n) is 7.98. The topological polar surface area (TPSA) is 85.6 Å². The highest BCUT2D eigenvalue weighted by Crippen LogP contribution is 2.35. The number of anilines is 1. The maximum absolute atomic E-state index is 12.0. The summed E-state index contributed by atoms with van der Waals surface area (Å²) < 4.78 is 16.4. The number of rotatable bonds is 5. The molecule has 1 aliphatic heterocycles. The third-order valence-electron chi connectivity index (χ3n) is 3.69. The molecule has 0 unspecified atom stereocenters. The zero-order valence-electron chi connectivity index (χ0n) is 14.0. The number of hydrogen-bond donors (Lipinski definition) is 2. The van der Waals surface area contributed by atoms with Gasteiger partial charge in [-0.05, 0) is 32.9 Å². The highest BCUT2D eigenvalue weighted by molar-refractivity contribution is 5.88. The normalized spacial score (nSPS) is 15.5. The van der Waals surface area contributed by atoms with Gasteiger partial charge in [0, 0.05) is 30.2 Å². The summed E-state index contributed by atoms with van der Waals surface area (Å²) in [4.78, 5) is 12.0. The number of nitrogens with one attached hydrogen (secondary N) is 2. The number of amides is 2. The standard InChI is InChI=1S/C17H21N3O4/c1-4-22-14-7-12-5-10(2)23-15(12)8-13(14)9-18-17(21)19-16-6-11(3)24-20-16/h6-8,10H,4-5,9H2,1-3H3,(H2,18,19,20,21)/t10-/m0/s1. The van der Waals surface area contributed by atoms with Crippen molar-refractivity contribution in [2.45, 2.75) is 39.8 Å². The summed E-state index contributed by atoms with van der Waals surface area (Å²) in [6.07, 6.45) is 1.03. The molecule has 0 saturated carbocycles. The van der Waals surface area contributed by atoms with E-state index in [-0.39, 0.29) is 12.1 Å². The lowest BCUT2D eigenvalue weighted by Gasteiger charge is -2.13. The molecule has 0 fully saturated rings. The van der Waals surface area contributed by atoms with Crippen molar-refractivity contribution in [3.05, 3.63) is 35.1 Å². The second kappa shape index (κ2) is 6.82. The number of carbonyl (C=O) groups is 1. The lowest BCUT2D eigenvalue weighted by atomic mass is 10.1. The van der Waals surface area contributed by atoms with E-state index in [9.17, 15) is 4.79 Å². The van der Waals surface area contributed by atoms with E-state index in [0.29, 0.717) is 24.7 Å². The minimum Gasteiger partial charge on any atom is -0.494 e. The number of hydrogen-bond acceptors (Lipinski definition) is 5. The third kappa shape index (κ3) is 3.61. The number of carbonyl (C=O) groups excluding carboxylic acids is 1. The molecule has 24 heavy (non-hydrogen) atoms. The van der Waals surface area contributed by atoms with Crippen molar-refractivity contribution >= 4 is 11.8 Å². The van der Waals surface area contributed by atoms with Crippen molar-refractivity contribution in [2.75, 3.05) is 11.9 Å². The molecule has 1 aliphatic rings. The number of benzene rings is 1. The Bertz CT molecular complexity index is 741. The van der Waals surface area contributed by atoms with Gasteiger partial charge in [0.15, 0.2) is 5.82 Å². The summed E-state index contributed by atoms with van der Waals surface area (Å²) in [5.74, 6) is 2.64. The Labute approximate surface area is 140 Å². The van der Waals surface area contributed by atoms with Gasteiger partial charge in [0.25, 0.3) is 0 Å². The molecule has 2 N–H and O–H groups in total. The molecule has 2 aromatic rings. The van der Waals surface area contributed by atoms with Crippen LogP contribution in [0.1, 0.15) is 30.7 Å². The van der Waals surface area contributed by atoms with Crippen LogP contribution in [0.4, 0.5) is 10.6 Å². The van der Waals surface area contributed by atoms with E-state index in [4.69, 9.17) is 14.0 Å². The van der Waals surface area contributed by atoms with Crippen LogP contribution in [0.3, 0.4) is 0 Å². The Hall–Kier alpha value is -2.70. The fourth-order valence-electron chi connectivity index (χ4n) is 2.67. The molecule has 7 heteroatoms. The minimum atomic E-state index is -0.361. The SMILES string of the molecule is CCOc1cc2c(cc1CNC(=O)Nc1cc(C)on1)O[C@@H](C)C2. The fraction of sp³-hybridized carbons (Fsp3) is 0.412. The van der Waals surface area contributed by atoms with Crippen LogP contribution in [0.2, 0.25) is 0 Å². The average molecular weight is 331 g/mol. The van der Waals surface area contributed by atoms with Gasteiger partial charge in [0.1, 0.15) is 23.4 Å². The van der Waals surface area contributed by atoms with Crippen LogP contribution in [0.5, 0.6) is 11.5 Å². The predicted molar refractivity (Wildman–Crippen MR) is 88.5 cm³/mol. The number of nitrogens with zero attached hydrogens (tertiary/aromatic N) is 1. The van der Waals surface area contributed by atoms with Gasteiger partial charge in [-0.15, -0.1) is 0 Å². The number of aryl methyl sites for hydroxylation is 1. The van der Waals surface area contributed by atoms with Crippen LogP contribution in [-0.4, -0.2) is 23.9 Å². The van der Waals surface area contributed by atoms with Crippen molar-refractivity contribution in [1.29, 1.82) is 0 Å². The van der Waals surface area contributed by atoms with Crippen LogP contribution in [-0.2, 0) is 13.0 Å². The highest BCUT2D eigenvalue weighted by Gasteiger charge is 2.22. The molecule has 0 aliphatic carbocycles. The van der Waals surface area contributed by atoms with Gasteiger partial charge in [-0.25, -0.2) is 4.79 Å². The molecule has 2 amide bonds. The number of ether oxygens (including phenoxy) is 2. The van der Waals surface area contributed by atoms with Gasteiger partial charge in [0.05, 0.1) is 6.61 Å². The first kappa shape index (κ1) is 16.2. The first-order chi connectivity index (χ1) is 11.5. The van der Waals surface area contributed by atoms with E-state index in [1.165, 1.54) is 0 Å². The fourth-order valence-corrected chi connectivity index (χ4v) is 2.67. The average Bonchev–Trinajstić information content (AvgIpc) is 3.09. The highest BCUT2D eigenvalue weighted by atomic mass is 16.5. The Balaban J connectivity index is 1.67. The van der Waals surface area contributed by atoms with E-state index < -0.39 is 0 Å². The second-order valence-corrected chi connectivity index (χ2v) is 5.76. The molecule has 3 rings (SSSR count). The second-order valence-electron chi connectivity index (χ2n) is 5.76. The molecule has 2 heterocycles. The zero-order chi connectivity index (χ0) is 17.1. The summed E-state index contributed by atoms with van der Waals surface area (Å²) in [5.41, 5.74) is 2.01. The van der Waals surface area contributed by atoms with E-state index in [1.807, 2.05) is 26.0 Å². The van der Waals surface area contributed by atoms with Crippen molar-refractivity contribution in [1.82, 2.24) is 10.5 Å². The van der Waals surface area contributed by atoms with Crippen LogP contribution >= 0.6 is 0 Å². The Morgan fingerprint density at radius 3 is 2.96 bits per heavy atom. The Morgan fingerprint density at radius 1 is 1.42 bits per heavy atom. The third-order valence-corrected chi connectivity index (χ3v) is 3.69. The molecular formula is C17H21N3O4. The predicted octanol–water partition coefficient (Wildman–Crippen LogP) is 3.03. The smallest absolute Gasteiger partial charge is 0.320 e. The quantitative estimate of drug-likeness (QED) is 0.879. The van der Waals surface area contributed by atoms with E-state index >= 15 is 0 Å². The largest absolute Gasteiger partial charge is 0.494 e. The molecule has 0 radical (unpaired) electrons. The van der Waals surface area contributed by atoms with Crippen molar-refractivity contribution in [3.8, 4) is 11.5 Å². The maximum Gasteiger partial charge on any atom is 0.320 e. The molecule has 1 aromatic carbocycles. The molecule has 0 spiro atoms. The van der Waals surface area contributed by atoms with Crippen molar-refractivity contribution < 1.29 is 18.8 Å². The van der Waals surface area contributed by atoms with Gasteiger partial charge in [-0.2, -0.15) is 0 Å². The molecular weight excluding hydrogens is 310 g/mol. The van der Waals surface area contributed by atoms with Gasteiger partial charge in [-0.3, -0.25) is 5.32 Å². The zero-order valence-corrected chi connectivity index (χ0v) is 14.0. The summed E-state index contributed by atoms with van der Waals surface area (Å²) >= 11 is 0. The van der Waals surface area contributed by atoms with Gasteiger partial charge in [-0.1, -0.05) is 5.16 Å². The molecule has 7 nitrogen and oxygen atoms in total. The number of fused-ring (bicyclic) bond motifs is 1. The van der Waals surface area contributed by atoms with Crippen LogP contribution < -0.4 is 20.1 Å². The molecule has 1 atom stereocenters. The molecule has 1 aromatic heterocycles. The Kier molecular flexibility index (Phi) is 4.59. The van der Waals surface area contributed by atoms with Gasteiger partial charge in [0.2, 0.25) is 0 Å². The van der Waals surface area contributed by atoms with Gasteiger partial charge < -0.3 is 19.3 Å². The summed E-state index contributed by atoms with van der Waals surface area (Å²) in [6, 6.07) is 5.22. The molecule has 128 valence electrons. The molecule has 0 bridgehead atoms. The number of aromatic nitrogens is 1. The van der Waals surface area contributed by atoms with E-state index in [1.54, 1.807) is 13.0 Å². The van der Waals surface area contributed by atoms with Crippen LogP contribution in [0.25, 0.3) is 0 Å². The van der Waals surface area contributed by atoms with Crippen molar-refractivity contribution in [3.63, 3.8) is 0 Å². The summed E-state index contributed by atoms with van der Waals surface area (Å²) in [7, 11) is 0. The minimum absolute atomic E-state index is 0.163. The monoisotopic (exact) mass is 331 g/mol. The Morgan fingerprint density at radius 2 is 2.25 bits per heavy atom. The van der Waals surface area contributed by atoms with Crippen LogP contribution in [0.15, 0.2) is 22.7 Å². The summed E-state index contributed by atoms with van der Waals surface area (Å²) in [6.45, 7) is 6.61. The molecule has 0 saturated heterocycles. The maximum atomic E-state index is 12.0. The first-order valence-corrected chi connectivity index (χ1v) is 7.98. The van der Waals surface area contributed by atoms with E-state index in [2.05, 4.69) is 15.8 Å². The van der Waals surface area contributed by atoms with E-state index in [0.717, 1.165) is 29.0 Å². The lowest BCUT2D eigenvalue weighted by molar-refractivity contribution is 0.250. The van der Waals surface area contributed by atoms with Crippen molar-refractivity contribution in [2.24, 2.45) is 0 Å². The number of urea groups is 1. The van der Waals surface area contributed by atoms with Gasteiger partial charge >= 0.3 is 6.03 Å². The lowest BCUT2D eigenvalue weighted by Crippen LogP contribution is -2.28. The summed E-state index contributed by atoms with van der Waals surface area (Å²) in [5, 5.41) is 9.13.